The molecule has 0 bridgehead atoms. The number of anilines is 1. The Bertz CT molecular complexity index is 710. The van der Waals surface area contributed by atoms with Crippen LogP contribution in [0.3, 0.4) is 0 Å². The number of hydrogen-bond donors (Lipinski definition) is 1. The third kappa shape index (κ3) is 3.89. The first kappa shape index (κ1) is 16.6. The van der Waals surface area contributed by atoms with Crippen molar-refractivity contribution < 1.29 is 9.53 Å². The molecule has 4 heteroatoms. The van der Waals surface area contributed by atoms with Crippen molar-refractivity contribution >= 4 is 27.5 Å². The van der Waals surface area contributed by atoms with Gasteiger partial charge in [-0.25, -0.2) is 0 Å². The maximum absolute atomic E-state index is 12.1. The largest absolute Gasteiger partial charge is 0.483 e. The van der Waals surface area contributed by atoms with Crippen molar-refractivity contribution in [3.05, 3.63) is 57.1 Å². The van der Waals surface area contributed by atoms with E-state index >= 15 is 0 Å². The second kappa shape index (κ2) is 6.97. The molecule has 0 aliphatic carbocycles. The Kier molecular flexibility index (Phi) is 5.24. The Morgan fingerprint density at radius 1 is 1.09 bits per heavy atom. The van der Waals surface area contributed by atoms with Crippen LogP contribution in [0.25, 0.3) is 0 Å². The minimum Gasteiger partial charge on any atom is -0.483 e. The Labute approximate surface area is 139 Å². The highest BCUT2D eigenvalue weighted by molar-refractivity contribution is 9.10. The Hall–Kier alpha value is -1.81. The molecule has 2 rings (SSSR count). The van der Waals surface area contributed by atoms with Gasteiger partial charge in [-0.15, -0.1) is 0 Å². The predicted molar refractivity (Wildman–Crippen MR) is 93.7 cm³/mol. The van der Waals surface area contributed by atoms with E-state index in [0.717, 1.165) is 38.2 Å². The van der Waals surface area contributed by atoms with Crippen LogP contribution in [-0.4, -0.2) is 12.5 Å². The second-order valence-corrected chi connectivity index (χ2v) is 6.33. The zero-order valence-corrected chi connectivity index (χ0v) is 14.9. The standard InChI is InChI=1S/C18H20BrNO2/c1-11-5-8-16(15(19)9-11)20-17(21)10-22-18-13(3)7-6-12(2)14(18)4/h5-9H,10H2,1-4H3,(H,20,21). The Balaban J connectivity index is 2.03. The van der Waals surface area contributed by atoms with Gasteiger partial charge in [0.1, 0.15) is 5.75 Å². The monoisotopic (exact) mass is 361 g/mol. The zero-order valence-electron chi connectivity index (χ0n) is 13.3. The van der Waals surface area contributed by atoms with Gasteiger partial charge in [-0.1, -0.05) is 18.2 Å². The van der Waals surface area contributed by atoms with Crippen molar-refractivity contribution in [2.75, 3.05) is 11.9 Å². The number of benzene rings is 2. The fourth-order valence-corrected chi connectivity index (χ4v) is 2.79. The topological polar surface area (TPSA) is 38.3 Å². The first-order chi connectivity index (χ1) is 10.4. The van der Waals surface area contributed by atoms with Crippen molar-refractivity contribution in [2.45, 2.75) is 27.7 Å². The summed E-state index contributed by atoms with van der Waals surface area (Å²) in [5.41, 5.74) is 5.14. The van der Waals surface area contributed by atoms with Crippen LogP contribution in [0.1, 0.15) is 22.3 Å². The van der Waals surface area contributed by atoms with Crippen LogP contribution in [0.15, 0.2) is 34.8 Å². The number of halogens is 1. The predicted octanol–water partition coefficient (Wildman–Crippen LogP) is 4.70. The molecule has 2 aromatic rings. The van der Waals surface area contributed by atoms with E-state index in [0.29, 0.717) is 0 Å². The fourth-order valence-electron chi connectivity index (χ4n) is 2.19. The molecule has 22 heavy (non-hydrogen) atoms. The van der Waals surface area contributed by atoms with Crippen LogP contribution in [0, 0.1) is 27.7 Å². The number of carbonyl (C=O) groups is 1. The molecule has 0 spiro atoms. The number of ether oxygens (including phenoxy) is 1. The molecule has 0 radical (unpaired) electrons. The molecular weight excluding hydrogens is 342 g/mol. The number of nitrogens with one attached hydrogen (secondary N) is 1. The van der Waals surface area contributed by atoms with Crippen molar-refractivity contribution in [3.63, 3.8) is 0 Å². The molecule has 0 unspecified atom stereocenters. The van der Waals surface area contributed by atoms with E-state index in [9.17, 15) is 4.79 Å². The number of amides is 1. The van der Waals surface area contributed by atoms with E-state index < -0.39 is 0 Å². The van der Waals surface area contributed by atoms with Crippen molar-refractivity contribution in [1.29, 1.82) is 0 Å². The van der Waals surface area contributed by atoms with Gasteiger partial charge in [0, 0.05) is 4.47 Å². The Morgan fingerprint density at radius 2 is 1.77 bits per heavy atom. The lowest BCUT2D eigenvalue weighted by molar-refractivity contribution is -0.118. The summed E-state index contributed by atoms with van der Waals surface area (Å²) in [7, 11) is 0. The molecular formula is C18H20BrNO2. The lowest BCUT2D eigenvalue weighted by Gasteiger charge is -2.14. The van der Waals surface area contributed by atoms with Crippen LogP contribution in [0.2, 0.25) is 0 Å². The van der Waals surface area contributed by atoms with Crippen LogP contribution in [0.5, 0.6) is 5.75 Å². The van der Waals surface area contributed by atoms with Gasteiger partial charge in [0.15, 0.2) is 6.61 Å². The minimum atomic E-state index is -0.176. The lowest BCUT2D eigenvalue weighted by Crippen LogP contribution is -2.21. The highest BCUT2D eigenvalue weighted by Crippen LogP contribution is 2.26. The summed E-state index contributed by atoms with van der Waals surface area (Å²) < 4.78 is 6.58. The highest BCUT2D eigenvalue weighted by Gasteiger charge is 2.10. The van der Waals surface area contributed by atoms with E-state index in [4.69, 9.17) is 4.74 Å². The SMILES string of the molecule is Cc1ccc(NC(=O)COc2c(C)ccc(C)c2C)c(Br)c1. The van der Waals surface area contributed by atoms with Gasteiger partial charge in [0.2, 0.25) is 0 Å². The molecule has 116 valence electrons. The van der Waals surface area contributed by atoms with Gasteiger partial charge in [0.05, 0.1) is 5.69 Å². The molecule has 0 aliphatic rings. The average Bonchev–Trinajstić information content (AvgIpc) is 2.46. The van der Waals surface area contributed by atoms with E-state index in [2.05, 4.69) is 27.3 Å². The smallest absolute Gasteiger partial charge is 0.262 e. The molecule has 1 amide bonds. The second-order valence-electron chi connectivity index (χ2n) is 5.47. The maximum atomic E-state index is 12.1. The van der Waals surface area contributed by atoms with E-state index in [1.807, 2.05) is 52.0 Å². The number of hydrogen-bond acceptors (Lipinski definition) is 2. The van der Waals surface area contributed by atoms with E-state index in [1.54, 1.807) is 0 Å². The third-order valence-electron chi connectivity index (χ3n) is 3.62. The lowest BCUT2D eigenvalue weighted by atomic mass is 10.1. The van der Waals surface area contributed by atoms with Crippen molar-refractivity contribution in [3.8, 4) is 5.75 Å². The van der Waals surface area contributed by atoms with Gasteiger partial charge < -0.3 is 10.1 Å². The van der Waals surface area contributed by atoms with Crippen LogP contribution < -0.4 is 10.1 Å². The molecule has 0 atom stereocenters. The van der Waals surface area contributed by atoms with Gasteiger partial charge in [-0.2, -0.15) is 0 Å². The molecule has 0 aromatic heterocycles. The molecule has 0 saturated carbocycles. The Morgan fingerprint density at radius 3 is 2.45 bits per heavy atom. The molecule has 2 aromatic carbocycles. The van der Waals surface area contributed by atoms with Gasteiger partial charge in [-0.05, 0) is 78.0 Å². The van der Waals surface area contributed by atoms with Gasteiger partial charge in [-0.3, -0.25) is 4.79 Å². The molecule has 0 fully saturated rings. The minimum absolute atomic E-state index is 0.00848. The van der Waals surface area contributed by atoms with Crippen LogP contribution in [0.4, 0.5) is 5.69 Å². The van der Waals surface area contributed by atoms with Crippen LogP contribution in [-0.2, 0) is 4.79 Å². The van der Waals surface area contributed by atoms with E-state index in [-0.39, 0.29) is 12.5 Å². The first-order valence-electron chi connectivity index (χ1n) is 7.14. The summed E-state index contributed by atoms with van der Waals surface area (Å²) in [4.78, 5) is 12.1. The van der Waals surface area contributed by atoms with Crippen molar-refractivity contribution in [2.24, 2.45) is 0 Å². The molecule has 0 heterocycles. The average molecular weight is 362 g/mol. The van der Waals surface area contributed by atoms with Crippen molar-refractivity contribution in [1.82, 2.24) is 0 Å². The summed E-state index contributed by atoms with van der Waals surface area (Å²) in [6.07, 6.45) is 0. The maximum Gasteiger partial charge on any atom is 0.262 e. The number of rotatable bonds is 4. The normalized spacial score (nSPS) is 10.4. The van der Waals surface area contributed by atoms with Gasteiger partial charge >= 0.3 is 0 Å². The van der Waals surface area contributed by atoms with Gasteiger partial charge in [0.25, 0.3) is 5.91 Å². The summed E-state index contributed by atoms with van der Waals surface area (Å²) in [5.74, 6) is 0.614. The number of aryl methyl sites for hydroxylation is 3. The molecule has 0 saturated heterocycles. The van der Waals surface area contributed by atoms with Crippen LogP contribution >= 0.6 is 15.9 Å². The highest BCUT2D eigenvalue weighted by atomic mass is 79.9. The summed E-state index contributed by atoms with van der Waals surface area (Å²) in [5, 5.41) is 2.85. The quantitative estimate of drug-likeness (QED) is 0.856. The molecule has 3 nitrogen and oxygen atoms in total. The number of carbonyl (C=O) groups excluding carboxylic acids is 1. The third-order valence-corrected chi connectivity index (χ3v) is 4.28. The van der Waals surface area contributed by atoms with E-state index in [1.165, 1.54) is 0 Å². The molecule has 1 N–H and O–H groups in total. The summed E-state index contributed by atoms with van der Waals surface area (Å²) in [6, 6.07) is 9.86. The molecule has 0 aliphatic heterocycles. The zero-order chi connectivity index (χ0) is 16.3. The first-order valence-corrected chi connectivity index (χ1v) is 7.93. The summed E-state index contributed by atoms with van der Waals surface area (Å²) >= 11 is 3.45. The summed E-state index contributed by atoms with van der Waals surface area (Å²) in [6.45, 7) is 8.02. The fraction of sp³-hybridized carbons (Fsp3) is 0.278.